The van der Waals surface area contributed by atoms with Crippen LogP contribution in [0.15, 0.2) is 75.4 Å². The first-order valence-electron chi connectivity index (χ1n) is 10.4. The molecule has 2 aromatic rings. The van der Waals surface area contributed by atoms with E-state index in [-0.39, 0.29) is 22.5 Å². The smallest absolute Gasteiger partial charge is 0.284 e. The number of nitrogens with zero attached hydrogens (tertiary/aromatic N) is 2. The van der Waals surface area contributed by atoms with Gasteiger partial charge in [-0.05, 0) is 54.1 Å². The number of thioether (sulfide) groups is 1. The highest BCUT2D eigenvalue weighted by atomic mass is 32.2. The third kappa shape index (κ3) is 6.06. The molecular formula is C24H26N2O5S2. The topological polar surface area (TPSA) is 85.3 Å². The third-order valence-corrected chi connectivity index (χ3v) is 7.08. The van der Waals surface area contributed by atoms with Gasteiger partial charge in [-0.2, -0.15) is 8.42 Å². The van der Waals surface area contributed by atoms with Crippen molar-refractivity contribution in [3.05, 3.63) is 71.7 Å². The first kappa shape index (κ1) is 24.6. The molecule has 1 fully saturated rings. The Kier molecular flexibility index (Phi) is 8.35. The summed E-state index contributed by atoms with van der Waals surface area (Å²) in [7, 11) is -2.41. The summed E-state index contributed by atoms with van der Waals surface area (Å²) in [6, 6.07) is 13.3. The fourth-order valence-electron chi connectivity index (χ4n) is 2.99. The van der Waals surface area contributed by atoms with Crippen molar-refractivity contribution in [1.29, 1.82) is 0 Å². The summed E-state index contributed by atoms with van der Waals surface area (Å²) in [6.07, 6.45) is 5.17. The number of benzene rings is 2. The van der Waals surface area contributed by atoms with Gasteiger partial charge in [0.25, 0.3) is 15.9 Å². The summed E-state index contributed by atoms with van der Waals surface area (Å²) < 4.78 is 40.6. The van der Waals surface area contributed by atoms with Crippen LogP contribution in [0.3, 0.4) is 0 Å². The molecule has 2 aromatic carbocycles. The second-order valence-electron chi connectivity index (χ2n) is 7.09. The Morgan fingerprint density at radius 2 is 1.91 bits per heavy atom. The molecule has 1 aliphatic rings. The van der Waals surface area contributed by atoms with Gasteiger partial charge in [-0.25, -0.2) is 0 Å². The molecule has 174 valence electrons. The molecule has 0 radical (unpaired) electrons. The number of hydrogen-bond donors (Lipinski definition) is 0. The van der Waals surface area contributed by atoms with E-state index >= 15 is 0 Å². The van der Waals surface area contributed by atoms with Gasteiger partial charge in [0.2, 0.25) is 0 Å². The number of methoxy groups -OCH3 is 1. The first-order valence-corrected chi connectivity index (χ1v) is 12.7. The zero-order chi connectivity index (χ0) is 23.8. The minimum atomic E-state index is -3.97. The zero-order valence-corrected chi connectivity index (χ0v) is 20.2. The zero-order valence-electron chi connectivity index (χ0n) is 18.6. The van der Waals surface area contributed by atoms with E-state index in [1.807, 2.05) is 6.07 Å². The van der Waals surface area contributed by atoms with Gasteiger partial charge in [0, 0.05) is 6.54 Å². The van der Waals surface area contributed by atoms with Crippen molar-refractivity contribution in [2.45, 2.75) is 24.7 Å². The quantitative estimate of drug-likeness (QED) is 0.274. The molecule has 33 heavy (non-hydrogen) atoms. The molecular weight excluding hydrogens is 460 g/mol. The SMILES string of the molecule is C=CCN1C(=O)/C(=C/c2ccc(OCCCC)c(OC)c2)S/C1=N/S(=O)(=O)c1ccccc1. The monoisotopic (exact) mass is 486 g/mol. The summed E-state index contributed by atoms with van der Waals surface area (Å²) in [5.41, 5.74) is 0.719. The number of ether oxygens (including phenoxy) is 2. The molecule has 1 amide bonds. The lowest BCUT2D eigenvalue weighted by Crippen LogP contribution is -2.29. The lowest BCUT2D eigenvalue weighted by atomic mass is 10.2. The van der Waals surface area contributed by atoms with Crippen LogP contribution < -0.4 is 9.47 Å². The fraction of sp³-hybridized carbons (Fsp3) is 0.250. The van der Waals surface area contributed by atoms with Crippen LogP contribution in [0.1, 0.15) is 25.3 Å². The summed E-state index contributed by atoms with van der Waals surface area (Å²) >= 11 is 1.01. The molecule has 0 unspecified atom stereocenters. The van der Waals surface area contributed by atoms with Crippen LogP contribution in [0.5, 0.6) is 11.5 Å². The van der Waals surface area contributed by atoms with Crippen LogP contribution in [-0.4, -0.2) is 44.7 Å². The molecule has 9 heteroatoms. The second-order valence-corrected chi connectivity index (χ2v) is 9.70. The Bertz CT molecular complexity index is 1170. The fourth-order valence-corrected chi connectivity index (χ4v) is 5.20. The maximum atomic E-state index is 13.0. The maximum Gasteiger partial charge on any atom is 0.284 e. The summed E-state index contributed by atoms with van der Waals surface area (Å²) in [5, 5.41) is 0.0847. The minimum absolute atomic E-state index is 0.0601. The Morgan fingerprint density at radius 1 is 1.15 bits per heavy atom. The molecule has 0 saturated carbocycles. The van der Waals surface area contributed by atoms with Gasteiger partial charge in [-0.3, -0.25) is 9.69 Å². The molecule has 0 N–H and O–H groups in total. The van der Waals surface area contributed by atoms with Crippen LogP contribution in [0.4, 0.5) is 0 Å². The van der Waals surface area contributed by atoms with E-state index in [1.165, 1.54) is 23.1 Å². The van der Waals surface area contributed by atoms with Gasteiger partial charge in [0.15, 0.2) is 16.7 Å². The van der Waals surface area contributed by atoms with E-state index in [0.717, 1.165) is 30.2 Å². The number of rotatable bonds is 10. The lowest BCUT2D eigenvalue weighted by Gasteiger charge is -2.12. The molecule has 0 spiro atoms. The molecule has 1 saturated heterocycles. The molecule has 0 aromatic heterocycles. The average Bonchev–Trinajstić information content (AvgIpc) is 3.09. The number of amidine groups is 1. The Labute approximate surface area is 198 Å². The van der Waals surface area contributed by atoms with Gasteiger partial charge in [0.05, 0.1) is 23.5 Å². The Hall–Kier alpha value is -3.04. The summed E-state index contributed by atoms with van der Waals surface area (Å²) in [4.78, 5) is 14.7. The number of unbranched alkanes of at least 4 members (excludes halogenated alkanes) is 1. The van der Waals surface area contributed by atoms with Crippen LogP contribution in [-0.2, 0) is 14.8 Å². The van der Waals surface area contributed by atoms with Crippen LogP contribution in [0.2, 0.25) is 0 Å². The molecule has 1 heterocycles. The molecule has 3 rings (SSSR count). The van der Waals surface area contributed by atoms with E-state index in [2.05, 4.69) is 17.9 Å². The van der Waals surface area contributed by atoms with Crippen molar-refractivity contribution in [2.24, 2.45) is 4.40 Å². The highest BCUT2D eigenvalue weighted by Crippen LogP contribution is 2.35. The molecule has 1 aliphatic heterocycles. The third-order valence-electron chi connectivity index (χ3n) is 4.68. The van der Waals surface area contributed by atoms with E-state index in [1.54, 1.807) is 43.5 Å². The van der Waals surface area contributed by atoms with Crippen molar-refractivity contribution in [2.75, 3.05) is 20.3 Å². The molecule has 0 aliphatic carbocycles. The van der Waals surface area contributed by atoms with Crippen LogP contribution >= 0.6 is 11.8 Å². The van der Waals surface area contributed by atoms with Gasteiger partial charge in [-0.1, -0.05) is 43.7 Å². The normalized spacial score (nSPS) is 16.4. The predicted octanol–water partition coefficient (Wildman–Crippen LogP) is 4.72. The van der Waals surface area contributed by atoms with E-state index in [0.29, 0.717) is 23.0 Å². The van der Waals surface area contributed by atoms with Gasteiger partial charge >= 0.3 is 0 Å². The van der Waals surface area contributed by atoms with Crippen LogP contribution in [0.25, 0.3) is 6.08 Å². The number of carbonyl (C=O) groups is 1. The molecule has 0 bridgehead atoms. The first-order chi connectivity index (χ1) is 15.9. The molecule has 7 nitrogen and oxygen atoms in total. The average molecular weight is 487 g/mol. The number of hydrogen-bond acceptors (Lipinski definition) is 6. The highest BCUT2D eigenvalue weighted by Gasteiger charge is 2.34. The summed E-state index contributed by atoms with van der Waals surface area (Å²) in [6.45, 7) is 6.48. The second kappa shape index (κ2) is 11.2. The van der Waals surface area contributed by atoms with Crippen molar-refractivity contribution in [3.8, 4) is 11.5 Å². The Balaban J connectivity index is 1.91. The standard InChI is InChI=1S/C24H26N2O5S2/c1-4-6-15-31-20-13-12-18(16-21(20)30-3)17-22-23(27)26(14-5-2)24(32-22)25-33(28,29)19-10-8-7-9-11-19/h5,7-13,16-17H,2,4,6,14-15H2,1,3H3/b22-17-,25-24+. The largest absolute Gasteiger partial charge is 0.493 e. The molecule has 0 atom stereocenters. The minimum Gasteiger partial charge on any atom is -0.493 e. The van der Waals surface area contributed by atoms with Crippen molar-refractivity contribution >= 4 is 38.9 Å². The van der Waals surface area contributed by atoms with Gasteiger partial charge < -0.3 is 9.47 Å². The number of amides is 1. The van der Waals surface area contributed by atoms with Crippen molar-refractivity contribution in [1.82, 2.24) is 4.90 Å². The maximum absolute atomic E-state index is 13.0. The Morgan fingerprint density at radius 3 is 2.58 bits per heavy atom. The van der Waals surface area contributed by atoms with Gasteiger partial charge in [-0.15, -0.1) is 11.0 Å². The number of carbonyl (C=O) groups excluding carboxylic acids is 1. The lowest BCUT2D eigenvalue weighted by molar-refractivity contribution is -0.121. The predicted molar refractivity (Wildman–Crippen MR) is 132 cm³/mol. The highest BCUT2D eigenvalue weighted by molar-refractivity contribution is 8.19. The van der Waals surface area contributed by atoms with E-state index in [4.69, 9.17) is 9.47 Å². The van der Waals surface area contributed by atoms with Crippen molar-refractivity contribution in [3.63, 3.8) is 0 Å². The van der Waals surface area contributed by atoms with Crippen LogP contribution in [0, 0.1) is 0 Å². The van der Waals surface area contributed by atoms with E-state index in [9.17, 15) is 13.2 Å². The van der Waals surface area contributed by atoms with Gasteiger partial charge in [0.1, 0.15) is 0 Å². The number of sulfonamides is 1. The summed E-state index contributed by atoms with van der Waals surface area (Å²) in [5.74, 6) is 0.839. The van der Waals surface area contributed by atoms with E-state index < -0.39 is 10.0 Å². The van der Waals surface area contributed by atoms with Crippen molar-refractivity contribution < 1.29 is 22.7 Å².